The molecule has 1 saturated heterocycles. The maximum Gasteiger partial charge on any atom is 0.419 e. The van der Waals surface area contributed by atoms with Crippen molar-refractivity contribution in [2.45, 2.75) is 22.9 Å². The van der Waals surface area contributed by atoms with Crippen LogP contribution in [0.15, 0.2) is 52.7 Å². The topological polar surface area (TPSA) is 67.9 Å². The molecule has 0 spiro atoms. The number of nitrogens with one attached hydrogen (secondary N) is 1. The second-order valence-corrected chi connectivity index (χ2v) is 11.7. The number of rotatable bonds is 7. The molecule has 0 amide bonds. The zero-order chi connectivity index (χ0) is 25.4. The standard InChI is InChI=1S/C23H22ClF3N2O4S2/c1-29-9-8-17(13-29)33-20-11-15(6-7-19(20)23(25,26)27)28-35(30,31)21-12-18(22(24)34-21)14-4-3-5-16(10-14)32-2/h3-7,10-12,17,28H,8-9,13H2,1-2H3/t17-/m1/s1. The number of thiophene rings is 1. The summed E-state index contributed by atoms with van der Waals surface area (Å²) in [6.45, 7) is 1.18. The van der Waals surface area contributed by atoms with Crippen molar-refractivity contribution in [2.24, 2.45) is 0 Å². The van der Waals surface area contributed by atoms with Gasteiger partial charge >= 0.3 is 6.18 Å². The molecule has 3 aromatic rings. The first kappa shape index (κ1) is 25.6. The molecule has 6 nitrogen and oxygen atoms in total. The second kappa shape index (κ2) is 9.88. The van der Waals surface area contributed by atoms with Gasteiger partial charge in [-0.25, -0.2) is 8.42 Å². The third-order valence-corrected chi connectivity index (χ3v) is 8.70. The summed E-state index contributed by atoms with van der Waals surface area (Å²) in [5.74, 6) is 0.164. The van der Waals surface area contributed by atoms with E-state index in [0.717, 1.165) is 29.5 Å². The highest BCUT2D eigenvalue weighted by Crippen LogP contribution is 2.41. The highest BCUT2D eigenvalue weighted by atomic mass is 35.5. The maximum atomic E-state index is 13.5. The van der Waals surface area contributed by atoms with Gasteiger partial charge in [0, 0.05) is 24.7 Å². The van der Waals surface area contributed by atoms with Crippen molar-refractivity contribution >= 4 is 38.6 Å². The fraction of sp³-hybridized carbons (Fsp3) is 0.304. The van der Waals surface area contributed by atoms with Gasteiger partial charge in [-0.15, -0.1) is 11.3 Å². The molecule has 0 bridgehead atoms. The van der Waals surface area contributed by atoms with Gasteiger partial charge < -0.3 is 14.4 Å². The summed E-state index contributed by atoms with van der Waals surface area (Å²) in [4.78, 5) is 1.95. The summed E-state index contributed by atoms with van der Waals surface area (Å²) < 4.78 is 80.1. The number of methoxy groups -OCH3 is 1. The summed E-state index contributed by atoms with van der Waals surface area (Å²) in [5.41, 5.74) is 0.151. The number of benzene rings is 2. The second-order valence-electron chi connectivity index (χ2n) is 8.09. The summed E-state index contributed by atoms with van der Waals surface area (Å²) >= 11 is 7.17. The van der Waals surface area contributed by atoms with Gasteiger partial charge in [-0.2, -0.15) is 13.2 Å². The molecule has 2 heterocycles. The molecule has 1 aromatic heterocycles. The summed E-state index contributed by atoms with van der Waals surface area (Å²) in [5, 5.41) is 0. The molecule has 1 atom stereocenters. The Labute approximate surface area is 210 Å². The zero-order valence-electron chi connectivity index (χ0n) is 18.7. The first-order chi connectivity index (χ1) is 16.5. The van der Waals surface area contributed by atoms with Crippen molar-refractivity contribution in [1.82, 2.24) is 4.90 Å². The van der Waals surface area contributed by atoms with Crippen molar-refractivity contribution in [2.75, 3.05) is 32.0 Å². The maximum absolute atomic E-state index is 13.5. The van der Waals surface area contributed by atoms with Crippen LogP contribution in [0, 0.1) is 0 Å². The monoisotopic (exact) mass is 546 g/mol. The van der Waals surface area contributed by atoms with E-state index < -0.39 is 33.6 Å². The Morgan fingerprint density at radius 1 is 1.17 bits per heavy atom. The Morgan fingerprint density at radius 2 is 1.94 bits per heavy atom. The lowest BCUT2D eigenvalue weighted by Crippen LogP contribution is -2.23. The lowest BCUT2D eigenvalue weighted by Gasteiger charge is -2.19. The van der Waals surface area contributed by atoms with Crippen LogP contribution in [0.3, 0.4) is 0 Å². The van der Waals surface area contributed by atoms with Crippen LogP contribution in [-0.4, -0.2) is 46.7 Å². The van der Waals surface area contributed by atoms with Gasteiger partial charge in [0.1, 0.15) is 26.1 Å². The van der Waals surface area contributed by atoms with E-state index in [2.05, 4.69) is 4.72 Å². The Hall–Kier alpha value is -2.47. The van der Waals surface area contributed by atoms with E-state index >= 15 is 0 Å². The molecule has 0 radical (unpaired) electrons. The molecule has 0 saturated carbocycles. The number of sulfonamides is 1. The number of likely N-dealkylation sites (tertiary alicyclic amines) is 1. The number of alkyl halides is 3. The van der Waals surface area contributed by atoms with Gasteiger partial charge in [0.25, 0.3) is 10.0 Å². The van der Waals surface area contributed by atoms with Gasteiger partial charge in [0.15, 0.2) is 0 Å². The van der Waals surface area contributed by atoms with Crippen molar-refractivity contribution in [3.63, 3.8) is 0 Å². The predicted octanol–water partition coefficient (Wildman–Crippen LogP) is 5.98. The Balaban J connectivity index is 1.62. The van der Waals surface area contributed by atoms with Gasteiger partial charge in [0.2, 0.25) is 0 Å². The third-order valence-electron chi connectivity index (χ3n) is 5.49. The van der Waals surface area contributed by atoms with Crippen LogP contribution in [0.25, 0.3) is 11.1 Å². The number of nitrogens with zero attached hydrogens (tertiary/aromatic N) is 1. The van der Waals surface area contributed by atoms with Crippen LogP contribution in [-0.2, 0) is 16.2 Å². The quantitative estimate of drug-likeness (QED) is 0.395. The number of anilines is 1. The zero-order valence-corrected chi connectivity index (χ0v) is 21.1. The van der Waals surface area contributed by atoms with Crippen LogP contribution >= 0.6 is 22.9 Å². The molecule has 4 rings (SSSR count). The molecule has 2 aromatic carbocycles. The number of ether oxygens (including phenoxy) is 2. The molecule has 0 unspecified atom stereocenters. The predicted molar refractivity (Wildman–Crippen MR) is 130 cm³/mol. The molecule has 1 N–H and O–H groups in total. The Kier molecular flexibility index (Phi) is 7.23. The number of hydrogen-bond acceptors (Lipinski definition) is 6. The largest absolute Gasteiger partial charge is 0.497 e. The Bertz CT molecular complexity index is 1330. The Morgan fingerprint density at radius 3 is 2.60 bits per heavy atom. The normalized spacial score (nSPS) is 16.9. The lowest BCUT2D eigenvalue weighted by atomic mass is 10.1. The van der Waals surface area contributed by atoms with E-state index in [1.807, 2.05) is 11.9 Å². The van der Waals surface area contributed by atoms with E-state index in [0.29, 0.717) is 36.4 Å². The minimum absolute atomic E-state index is 0.0493. The van der Waals surface area contributed by atoms with E-state index in [4.69, 9.17) is 21.1 Å². The number of hydrogen-bond donors (Lipinski definition) is 1. The smallest absolute Gasteiger partial charge is 0.419 e. The van der Waals surface area contributed by atoms with E-state index in [1.54, 1.807) is 24.3 Å². The highest BCUT2D eigenvalue weighted by molar-refractivity contribution is 7.94. The molecule has 12 heteroatoms. The molecule has 1 aliphatic rings. The van der Waals surface area contributed by atoms with Crippen molar-refractivity contribution < 1.29 is 31.1 Å². The first-order valence-corrected chi connectivity index (χ1v) is 13.2. The van der Waals surface area contributed by atoms with Gasteiger partial charge in [-0.05, 0) is 49.4 Å². The first-order valence-electron chi connectivity index (χ1n) is 10.5. The van der Waals surface area contributed by atoms with Gasteiger partial charge in [-0.3, -0.25) is 4.72 Å². The fourth-order valence-electron chi connectivity index (χ4n) is 3.76. The minimum atomic E-state index is -4.65. The van der Waals surface area contributed by atoms with E-state index in [1.165, 1.54) is 13.2 Å². The van der Waals surface area contributed by atoms with Crippen molar-refractivity contribution in [3.05, 3.63) is 58.4 Å². The fourth-order valence-corrected chi connectivity index (χ4v) is 6.58. The lowest BCUT2D eigenvalue weighted by molar-refractivity contribution is -0.139. The molecule has 0 aliphatic carbocycles. The van der Waals surface area contributed by atoms with E-state index in [9.17, 15) is 21.6 Å². The summed E-state index contributed by atoms with van der Waals surface area (Å²) in [7, 11) is -0.765. The SMILES string of the molecule is COc1cccc(-c2cc(S(=O)(=O)Nc3ccc(C(F)(F)F)c(O[C@@H]4CCN(C)C4)c3)sc2Cl)c1. The molecular formula is C23H22ClF3N2O4S2. The van der Waals surface area contributed by atoms with Gasteiger partial charge in [-0.1, -0.05) is 23.7 Å². The average Bonchev–Trinajstić information content (AvgIpc) is 3.38. The highest BCUT2D eigenvalue weighted by Gasteiger charge is 2.36. The van der Waals surface area contributed by atoms with Crippen LogP contribution in [0.5, 0.6) is 11.5 Å². The number of likely N-dealkylation sites (N-methyl/N-ethyl adjacent to an activating group) is 1. The van der Waals surface area contributed by atoms with Crippen LogP contribution in [0.2, 0.25) is 4.34 Å². The molecule has 35 heavy (non-hydrogen) atoms. The van der Waals surface area contributed by atoms with E-state index in [-0.39, 0.29) is 14.2 Å². The molecule has 188 valence electrons. The summed E-state index contributed by atoms with van der Waals surface area (Å²) in [6, 6.07) is 11.3. The third kappa shape index (κ3) is 5.85. The van der Waals surface area contributed by atoms with Crippen LogP contribution in [0.1, 0.15) is 12.0 Å². The summed E-state index contributed by atoms with van der Waals surface area (Å²) in [6.07, 6.45) is -4.50. The van der Waals surface area contributed by atoms with Crippen LogP contribution in [0.4, 0.5) is 18.9 Å². The van der Waals surface area contributed by atoms with Gasteiger partial charge in [0.05, 0.1) is 18.4 Å². The number of halogens is 4. The molecular weight excluding hydrogens is 525 g/mol. The molecule has 1 aliphatic heterocycles. The molecule has 1 fully saturated rings. The van der Waals surface area contributed by atoms with Crippen molar-refractivity contribution in [1.29, 1.82) is 0 Å². The minimum Gasteiger partial charge on any atom is -0.497 e. The average molecular weight is 547 g/mol. The van der Waals surface area contributed by atoms with Crippen LogP contribution < -0.4 is 14.2 Å². The van der Waals surface area contributed by atoms with Crippen molar-refractivity contribution in [3.8, 4) is 22.6 Å².